The van der Waals surface area contributed by atoms with Crippen molar-refractivity contribution in [3.8, 4) is 11.6 Å². The van der Waals surface area contributed by atoms with Gasteiger partial charge in [-0.25, -0.2) is 14.6 Å². The van der Waals surface area contributed by atoms with Gasteiger partial charge in [0, 0.05) is 11.5 Å². The molecule has 0 aliphatic heterocycles. The summed E-state index contributed by atoms with van der Waals surface area (Å²) in [5.41, 5.74) is 2.05. The van der Waals surface area contributed by atoms with Crippen molar-refractivity contribution in [2.24, 2.45) is 5.84 Å². The lowest BCUT2D eigenvalue weighted by Crippen LogP contribution is -2.11. The number of halogens is 2. The quantitative estimate of drug-likeness (QED) is 0.571. The minimum atomic E-state index is -0.903. The van der Waals surface area contributed by atoms with E-state index in [2.05, 4.69) is 10.4 Å². The van der Waals surface area contributed by atoms with E-state index in [0.717, 1.165) is 10.8 Å². The van der Waals surface area contributed by atoms with Crippen molar-refractivity contribution < 1.29 is 13.5 Å². The largest absolute Gasteiger partial charge is 0.436 e. The van der Waals surface area contributed by atoms with Crippen LogP contribution in [0.25, 0.3) is 10.8 Å². The molecule has 1 aromatic heterocycles. The second-order valence-corrected chi connectivity index (χ2v) is 4.33. The van der Waals surface area contributed by atoms with Gasteiger partial charge < -0.3 is 10.2 Å². The fourth-order valence-electron chi connectivity index (χ4n) is 2.01. The molecule has 0 saturated heterocycles. The Balaban J connectivity index is 2.07. The topological polar surface area (TPSA) is 60.2 Å². The molecule has 1 heterocycles. The molecule has 4 nitrogen and oxygen atoms in total. The van der Waals surface area contributed by atoms with E-state index in [1.165, 1.54) is 0 Å². The number of hydrogen-bond acceptors (Lipinski definition) is 4. The zero-order valence-corrected chi connectivity index (χ0v) is 10.8. The molecule has 0 unspecified atom stereocenters. The van der Waals surface area contributed by atoms with Crippen molar-refractivity contribution in [2.75, 3.05) is 5.43 Å². The van der Waals surface area contributed by atoms with Gasteiger partial charge in [0.25, 0.3) is 5.88 Å². The molecule has 0 radical (unpaired) electrons. The monoisotopic (exact) mass is 287 g/mol. The van der Waals surface area contributed by atoms with E-state index in [1.54, 1.807) is 12.1 Å². The lowest BCUT2D eigenvalue weighted by atomic mass is 10.1. The van der Waals surface area contributed by atoms with E-state index in [9.17, 15) is 8.78 Å². The van der Waals surface area contributed by atoms with Gasteiger partial charge in [0.2, 0.25) is 0 Å². The van der Waals surface area contributed by atoms with Crippen molar-refractivity contribution in [2.45, 2.75) is 0 Å². The summed E-state index contributed by atoms with van der Waals surface area (Å²) < 4.78 is 32.6. The fourth-order valence-corrected chi connectivity index (χ4v) is 2.01. The van der Waals surface area contributed by atoms with E-state index in [0.29, 0.717) is 11.8 Å². The Morgan fingerprint density at radius 3 is 2.57 bits per heavy atom. The lowest BCUT2D eigenvalue weighted by molar-refractivity contribution is 0.421. The van der Waals surface area contributed by atoms with Gasteiger partial charge in [-0.1, -0.05) is 36.4 Å². The molecule has 0 atom stereocenters. The van der Waals surface area contributed by atoms with Gasteiger partial charge in [-0.15, -0.1) is 0 Å². The molecule has 0 aliphatic rings. The van der Waals surface area contributed by atoms with Crippen LogP contribution in [0.2, 0.25) is 0 Å². The van der Waals surface area contributed by atoms with Crippen molar-refractivity contribution >= 4 is 16.6 Å². The highest BCUT2D eigenvalue weighted by molar-refractivity contribution is 5.88. The fraction of sp³-hybridized carbons (Fsp3) is 0. The molecule has 0 spiro atoms. The molecule has 0 amide bonds. The Morgan fingerprint density at radius 1 is 1.00 bits per heavy atom. The highest BCUT2D eigenvalue weighted by atomic mass is 19.1. The van der Waals surface area contributed by atoms with Crippen LogP contribution in [0.5, 0.6) is 11.6 Å². The summed E-state index contributed by atoms with van der Waals surface area (Å²) in [7, 11) is 0. The molecule has 21 heavy (non-hydrogen) atoms. The number of nitrogens with two attached hydrogens (primary N) is 1. The summed E-state index contributed by atoms with van der Waals surface area (Å²) in [5.74, 6) is 3.12. The van der Waals surface area contributed by atoms with Crippen LogP contribution >= 0.6 is 0 Å². The third-order valence-electron chi connectivity index (χ3n) is 2.99. The summed E-state index contributed by atoms with van der Waals surface area (Å²) in [6.45, 7) is 0. The van der Waals surface area contributed by atoms with Crippen LogP contribution in [-0.2, 0) is 0 Å². The summed E-state index contributed by atoms with van der Waals surface area (Å²) in [5, 5.41) is 1.74. The first-order chi connectivity index (χ1) is 10.2. The highest BCUT2D eigenvalue weighted by Gasteiger charge is 2.14. The predicted molar refractivity (Wildman–Crippen MR) is 76.0 cm³/mol. The van der Waals surface area contributed by atoms with Crippen molar-refractivity contribution in [3.63, 3.8) is 0 Å². The number of aromatic nitrogens is 1. The number of ether oxygens (including phenoxy) is 1. The van der Waals surface area contributed by atoms with Crippen LogP contribution in [0.15, 0.2) is 48.5 Å². The number of nitrogen functional groups attached to an aromatic ring is 1. The first-order valence-electron chi connectivity index (χ1n) is 6.17. The van der Waals surface area contributed by atoms with E-state index in [1.807, 2.05) is 30.3 Å². The van der Waals surface area contributed by atoms with E-state index in [-0.39, 0.29) is 11.7 Å². The summed E-state index contributed by atoms with van der Waals surface area (Å²) in [4.78, 5) is 3.68. The maximum atomic E-state index is 13.8. The standard InChI is InChI=1S/C15H11F2N3O/c16-11-8-12(17)15(19-14(11)20-18)21-13-7-3-5-9-4-1-2-6-10(9)13/h1-8H,18H2,(H,19,20). The van der Waals surface area contributed by atoms with Crippen LogP contribution in [0.3, 0.4) is 0 Å². The van der Waals surface area contributed by atoms with Crippen molar-refractivity contribution in [3.05, 3.63) is 60.2 Å². The van der Waals surface area contributed by atoms with Crippen molar-refractivity contribution in [1.82, 2.24) is 4.98 Å². The SMILES string of the molecule is NNc1nc(Oc2cccc3ccccc23)c(F)cc1F. The third-order valence-corrected chi connectivity index (χ3v) is 2.99. The van der Waals surface area contributed by atoms with Gasteiger partial charge in [-0.05, 0) is 11.5 Å². The summed E-state index contributed by atoms with van der Waals surface area (Å²) in [6, 6.07) is 13.5. The van der Waals surface area contributed by atoms with Gasteiger partial charge in [0.05, 0.1) is 0 Å². The second kappa shape index (κ2) is 5.34. The van der Waals surface area contributed by atoms with Crippen LogP contribution < -0.4 is 16.0 Å². The smallest absolute Gasteiger partial charge is 0.258 e. The Morgan fingerprint density at radius 2 is 1.76 bits per heavy atom. The second-order valence-electron chi connectivity index (χ2n) is 4.33. The Kier molecular flexibility index (Phi) is 3.37. The Labute approximate surface area is 119 Å². The normalized spacial score (nSPS) is 10.6. The molecule has 0 fully saturated rings. The lowest BCUT2D eigenvalue weighted by Gasteiger charge is -2.10. The maximum absolute atomic E-state index is 13.8. The molecule has 0 saturated carbocycles. The van der Waals surface area contributed by atoms with Gasteiger partial charge >= 0.3 is 0 Å². The third kappa shape index (κ3) is 2.48. The van der Waals surface area contributed by atoms with Gasteiger partial charge in [-0.3, -0.25) is 0 Å². The van der Waals surface area contributed by atoms with Crippen molar-refractivity contribution in [1.29, 1.82) is 0 Å². The minimum absolute atomic E-state index is 0.286. The van der Waals surface area contributed by atoms with E-state index in [4.69, 9.17) is 10.6 Å². The zero-order chi connectivity index (χ0) is 14.8. The molecular formula is C15H11F2N3O. The predicted octanol–water partition coefficient (Wildman–Crippen LogP) is 3.59. The van der Waals surface area contributed by atoms with E-state index < -0.39 is 11.6 Å². The first-order valence-corrected chi connectivity index (χ1v) is 6.17. The Bertz CT molecular complexity index is 803. The minimum Gasteiger partial charge on any atom is -0.436 e. The first kappa shape index (κ1) is 13.3. The van der Waals surface area contributed by atoms with E-state index >= 15 is 0 Å². The molecule has 6 heteroatoms. The molecular weight excluding hydrogens is 276 g/mol. The zero-order valence-electron chi connectivity index (χ0n) is 10.8. The highest BCUT2D eigenvalue weighted by Crippen LogP contribution is 2.31. The van der Waals surface area contributed by atoms with Gasteiger partial charge in [0.15, 0.2) is 17.5 Å². The molecule has 0 aliphatic carbocycles. The van der Waals surface area contributed by atoms with Crippen LogP contribution in [0.1, 0.15) is 0 Å². The summed E-state index contributed by atoms with van der Waals surface area (Å²) in [6.07, 6.45) is 0. The van der Waals surface area contributed by atoms with Crippen LogP contribution in [0, 0.1) is 11.6 Å². The average Bonchev–Trinajstić information content (AvgIpc) is 2.50. The number of hydrogen-bond donors (Lipinski definition) is 2. The number of fused-ring (bicyclic) bond motifs is 1. The summed E-state index contributed by atoms with van der Waals surface area (Å²) >= 11 is 0. The number of benzene rings is 2. The number of anilines is 1. The molecule has 3 N–H and O–H groups in total. The molecule has 0 bridgehead atoms. The molecule has 2 aromatic carbocycles. The number of pyridine rings is 1. The van der Waals surface area contributed by atoms with Gasteiger partial charge in [0.1, 0.15) is 5.75 Å². The Hall–Kier alpha value is -2.73. The molecule has 106 valence electrons. The average molecular weight is 287 g/mol. The number of hydrazine groups is 1. The number of nitrogens with one attached hydrogen (secondary N) is 1. The van der Waals surface area contributed by atoms with Crippen LogP contribution in [-0.4, -0.2) is 4.98 Å². The maximum Gasteiger partial charge on any atom is 0.258 e. The molecule has 3 aromatic rings. The molecule has 3 rings (SSSR count). The van der Waals surface area contributed by atoms with Gasteiger partial charge in [-0.2, -0.15) is 4.98 Å². The number of nitrogens with zero attached hydrogens (tertiary/aromatic N) is 1. The number of rotatable bonds is 3. The van der Waals surface area contributed by atoms with Crippen LogP contribution in [0.4, 0.5) is 14.6 Å².